The van der Waals surface area contributed by atoms with E-state index in [-0.39, 0.29) is 17.9 Å². The quantitative estimate of drug-likeness (QED) is 0.576. The van der Waals surface area contributed by atoms with Gasteiger partial charge >= 0.3 is 0 Å². The molecule has 2 aliphatic rings. The third-order valence-electron chi connectivity index (χ3n) is 5.85. The topological polar surface area (TPSA) is 47.9 Å². The van der Waals surface area contributed by atoms with Crippen LogP contribution in [-0.2, 0) is 4.79 Å². The summed E-state index contributed by atoms with van der Waals surface area (Å²) in [6, 6.07) is 12.7. The van der Waals surface area contributed by atoms with Crippen molar-refractivity contribution in [1.29, 1.82) is 0 Å². The van der Waals surface area contributed by atoms with Crippen molar-refractivity contribution in [3.8, 4) is 0 Å². The summed E-state index contributed by atoms with van der Waals surface area (Å²) >= 11 is 18.7. The number of hydrazine groups is 1. The number of amides is 1. The summed E-state index contributed by atoms with van der Waals surface area (Å²) in [6.45, 7) is 3.74. The molecule has 2 aromatic rings. The fraction of sp³-hybridized carbons (Fsp3) is 0.391. The molecule has 2 heterocycles. The summed E-state index contributed by atoms with van der Waals surface area (Å²) in [5, 5.41) is 10.3. The summed E-state index contributed by atoms with van der Waals surface area (Å²) in [7, 11) is 0. The van der Waals surface area contributed by atoms with Crippen LogP contribution in [0.15, 0.2) is 47.6 Å². The van der Waals surface area contributed by atoms with E-state index in [0.29, 0.717) is 26.5 Å². The molecule has 0 bridgehead atoms. The van der Waals surface area contributed by atoms with Crippen molar-refractivity contribution >= 4 is 52.1 Å². The average molecular weight is 480 g/mol. The largest absolute Gasteiger partial charge is 0.284 e. The maximum absolute atomic E-state index is 13.2. The Balaban J connectivity index is 1.66. The molecule has 164 valence electrons. The van der Waals surface area contributed by atoms with Crippen LogP contribution in [0.5, 0.6) is 0 Å². The van der Waals surface area contributed by atoms with Crippen molar-refractivity contribution < 1.29 is 4.79 Å². The molecular formula is C23H25Cl3N4O. The zero-order valence-corrected chi connectivity index (χ0v) is 19.6. The van der Waals surface area contributed by atoms with Gasteiger partial charge in [-0.05, 0) is 48.7 Å². The number of carbonyl (C=O) groups is 1. The molecule has 5 nitrogen and oxygen atoms in total. The van der Waals surface area contributed by atoms with Gasteiger partial charge in [0.05, 0.1) is 16.8 Å². The Bertz CT molecular complexity index is 971. The maximum Gasteiger partial charge on any atom is 0.282 e. The van der Waals surface area contributed by atoms with Crippen molar-refractivity contribution in [2.45, 2.75) is 38.6 Å². The van der Waals surface area contributed by atoms with Crippen molar-refractivity contribution in [2.75, 3.05) is 18.1 Å². The summed E-state index contributed by atoms with van der Waals surface area (Å²) in [5.74, 6) is -0.319. The molecule has 0 saturated carbocycles. The highest BCUT2D eigenvalue weighted by Gasteiger charge is 2.40. The van der Waals surface area contributed by atoms with Gasteiger partial charge in [-0.25, -0.2) is 5.01 Å². The van der Waals surface area contributed by atoms with E-state index in [4.69, 9.17) is 39.9 Å². The molecule has 1 fully saturated rings. The zero-order valence-electron chi connectivity index (χ0n) is 17.3. The van der Waals surface area contributed by atoms with Crippen LogP contribution in [0.2, 0.25) is 15.1 Å². The van der Waals surface area contributed by atoms with Gasteiger partial charge < -0.3 is 0 Å². The van der Waals surface area contributed by atoms with Crippen LogP contribution in [0.3, 0.4) is 0 Å². The minimum absolute atomic E-state index is 0.153. The van der Waals surface area contributed by atoms with Gasteiger partial charge in [0.15, 0.2) is 0 Å². The summed E-state index contributed by atoms with van der Waals surface area (Å²) in [5.41, 5.74) is 5.26. The molecule has 0 radical (unpaired) electrons. The number of rotatable bonds is 4. The molecular weight excluding hydrogens is 455 g/mol. The van der Waals surface area contributed by atoms with Crippen molar-refractivity contribution in [3.63, 3.8) is 0 Å². The number of nitrogens with one attached hydrogen (secondary N) is 1. The second-order valence-corrected chi connectivity index (χ2v) is 9.33. The predicted molar refractivity (Wildman–Crippen MR) is 128 cm³/mol. The van der Waals surface area contributed by atoms with Crippen LogP contribution in [0, 0.1) is 5.92 Å². The SMILES string of the molecule is C[C@H]1C(C(=O)NN2CCCCCC2)=NN(c2ccc(Cl)cc2Cl)[C@H]1c1ccc(Cl)cc1. The normalized spacial score (nSPS) is 22.2. The maximum atomic E-state index is 13.2. The molecule has 4 rings (SSSR count). The molecule has 0 aliphatic carbocycles. The highest BCUT2D eigenvalue weighted by molar-refractivity contribution is 6.41. The minimum Gasteiger partial charge on any atom is -0.284 e. The van der Waals surface area contributed by atoms with Gasteiger partial charge in [0.1, 0.15) is 5.71 Å². The third-order valence-corrected chi connectivity index (χ3v) is 6.64. The summed E-state index contributed by atoms with van der Waals surface area (Å²) in [6.07, 6.45) is 4.57. The van der Waals surface area contributed by atoms with Crippen molar-refractivity contribution in [1.82, 2.24) is 10.4 Å². The van der Waals surface area contributed by atoms with E-state index in [2.05, 4.69) is 5.43 Å². The standard InChI is InChI=1S/C23H25Cl3N4O/c1-15-21(23(31)28-29-12-4-2-3-5-13-29)27-30(20-11-10-18(25)14-19(20)26)22(15)16-6-8-17(24)9-7-16/h6-11,14-15,22H,2-5,12-13H2,1H3,(H,28,31)/t15-,22+/m0/s1. The lowest BCUT2D eigenvalue weighted by molar-refractivity contribution is -0.119. The molecule has 1 saturated heterocycles. The molecule has 2 aromatic carbocycles. The smallest absolute Gasteiger partial charge is 0.282 e. The number of nitrogens with zero attached hydrogens (tertiary/aromatic N) is 3. The number of hydrazone groups is 1. The predicted octanol–water partition coefficient (Wildman–Crippen LogP) is 6.11. The van der Waals surface area contributed by atoms with Crippen LogP contribution in [0.25, 0.3) is 0 Å². The average Bonchev–Trinajstić information content (AvgIpc) is 2.89. The van der Waals surface area contributed by atoms with Crippen LogP contribution < -0.4 is 10.4 Å². The number of anilines is 1. The summed E-state index contributed by atoms with van der Waals surface area (Å²) in [4.78, 5) is 13.2. The highest BCUT2D eigenvalue weighted by atomic mass is 35.5. The van der Waals surface area contributed by atoms with E-state index in [1.807, 2.05) is 47.3 Å². The van der Waals surface area contributed by atoms with Gasteiger partial charge in [0, 0.05) is 29.1 Å². The lowest BCUT2D eigenvalue weighted by atomic mass is 9.91. The first-order valence-electron chi connectivity index (χ1n) is 10.6. The van der Waals surface area contributed by atoms with Crippen LogP contribution in [-0.4, -0.2) is 29.7 Å². The number of hydrogen-bond acceptors (Lipinski definition) is 4. The minimum atomic E-state index is -0.194. The van der Waals surface area contributed by atoms with Gasteiger partial charge in [-0.2, -0.15) is 5.10 Å². The Morgan fingerprint density at radius 2 is 1.61 bits per heavy atom. The van der Waals surface area contributed by atoms with Crippen LogP contribution >= 0.6 is 34.8 Å². The Hall–Kier alpha value is -1.79. The van der Waals surface area contributed by atoms with E-state index in [9.17, 15) is 4.79 Å². The van der Waals surface area contributed by atoms with Crippen molar-refractivity contribution in [3.05, 3.63) is 63.1 Å². The Morgan fingerprint density at radius 3 is 2.26 bits per heavy atom. The highest BCUT2D eigenvalue weighted by Crippen LogP contribution is 2.42. The molecule has 0 unspecified atom stereocenters. The Kier molecular flexibility index (Phi) is 7.07. The lowest BCUT2D eigenvalue weighted by Gasteiger charge is -2.27. The molecule has 8 heteroatoms. The van der Waals surface area contributed by atoms with Crippen molar-refractivity contribution in [2.24, 2.45) is 11.0 Å². The van der Waals surface area contributed by atoms with Crippen LogP contribution in [0.4, 0.5) is 5.69 Å². The fourth-order valence-electron chi connectivity index (χ4n) is 4.23. The van der Waals surface area contributed by atoms with E-state index in [0.717, 1.165) is 31.5 Å². The molecule has 2 atom stereocenters. The molecule has 1 amide bonds. The van der Waals surface area contributed by atoms with Gasteiger partial charge in [0.2, 0.25) is 0 Å². The second-order valence-electron chi connectivity index (χ2n) is 8.05. The third kappa shape index (κ3) is 5.01. The monoisotopic (exact) mass is 478 g/mol. The Labute approximate surface area is 197 Å². The second kappa shape index (κ2) is 9.78. The first-order valence-corrected chi connectivity index (χ1v) is 11.7. The van der Waals surface area contributed by atoms with Gasteiger partial charge in [-0.15, -0.1) is 0 Å². The van der Waals surface area contributed by atoms with Gasteiger partial charge in [-0.3, -0.25) is 15.2 Å². The summed E-state index contributed by atoms with van der Waals surface area (Å²) < 4.78 is 0. The zero-order chi connectivity index (χ0) is 22.0. The molecule has 0 spiro atoms. The molecule has 31 heavy (non-hydrogen) atoms. The van der Waals surface area contributed by atoms with E-state index >= 15 is 0 Å². The van der Waals surface area contributed by atoms with Crippen LogP contribution in [0.1, 0.15) is 44.2 Å². The first-order chi connectivity index (χ1) is 14.9. The number of hydrogen-bond donors (Lipinski definition) is 1. The molecule has 2 aliphatic heterocycles. The fourth-order valence-corrected chi connectivity index (χ4v) is 4.85. The van der Waals surface area contributed by atoms with Gasteiger partial charge in [-0.1, -0.05) is 66.7 Å². The number of halogens is 3. The Morgan fingerprint density at radius 1 is 0.968 bits per heavy atom. The van der Waals surface area contributed by atoms with E-state index in [1.165, 1.54) is 12.8 Å². The molecule has 1 N–H and O–H groups in total. The van der Waals surface area contributed by atoms with E-state index < -0.39 is 0 Å². The first kappa shape index (κ1) is 22.4. The van der Waals surface area contributed by atoms with Gasteiger partial charge in [0.25, 0.3) is 5.91 Å². The number of carbonyl (C=O) groups excluding carboxylic acids is 1. The molecule has 0 aromatic heterocycles. The number of benzene rings is 2. The lowest BCUT2D eigenvalue weighted by Crippen LogP contribution is -2.46. The van der Waals surface area contributed by atoms with E-state index in [1.54, 1.807) is 12.1 Å².